The molecule has 0 spiro atoms. The van der Waals surface area contributed by atoms with Crippen molar-refractivity contribution in [2.45, 2.75) is 137 Å². The zero-order valence-corrected chi connectivity index (χ0v) is 24.7. The minimum Gasteiger partial charge on any atom is -0.464 e. The minimum atomic E-state index is -0.751. The first-order valence-corrected chi connectivity index (χ1v) is 14.2. The molecule has 0 aliphatic carbocycles. The molecule has 7 heteroatoms. The number of carbonyl (C=O) groups is 3. The lowest BCUT2D eigenvalue weighted by Gasteiger charge is -2.31. The fraction of sp³-hybridized carbons (Fsp3) is 0.897. The maximum atomic E-state index is 12.8. The van der Waals surface area contributed by atoms with E-state index in [9.17, 15) is 14.4 Å². The van der Waals surface area contributed by atoms with E-state index in [2.05, 4.69) is 6.92 Å². The summed E-state index contributed by atoms with van der Waals surface area (Å²) in [5, 5.41) is 0. The summed E-state index contributed by atoms with van der Waals surface area (Å²) >= 11 is 0. The van der Waals surface area contributed by atoms with Gasteiger partial charge in [-0.3, -0.25) is 9.69 Å². The Balaban J connectivity index is 4.04. The summed E-state index contributed by atoms with van der Waals surface area (Å²) < 4.78 is 10.7. The number of likely N-dealkylation sites (N-methyl/N-ethyl adjacent to an activating group) is 2. The molecule has 7 nitrogen and oxygen atoms in total. The van der Waals surface area contributed by atoms with Crippen molar-refractivity contribution in [1.29, 1.82) is 0 Å². The maximum Gasteiger partial charge on any atom is 0.410 e. The Kier molecular flexibility index (Phi) is 18.4. The van der Waals surface area contributed by atoms with E-state index < -0.39 is 24.1 Å². The van der Waals surface area contributed by atoms with E-state index in [-0.39, 0.29) is 17.9 Å². The van der Waals surface area contributed by atoms with E-state index in [1.54, 1.807) is 20.9 Å². The fourth-order valence-electron chi connectivity index (χ4n) is 3.76. The Morgan fingerprint density at radius 3 is 1.56 bits per heavy atom. The number of esters is 1. The normalized spacial score (nSPS) is 13.1. The second-order valence-electron chi connectivity index (χ2n) is 11.4. The molecule has 0 heterocycles. The summed E-state index contributed by atoms with van der Waals surface area (Å²) in [6.45, 7) is 12.1. The standard InChI is InChI=1S/C29H56N2O5/c1-9-10-11-12-13-14-15-16-17-18-19-20-21-22-35-27(33)25(3)30(7)26(32)24(2)31(8)28(34)36-23-29(4,5)6/h24-25H,9-23H2,1-8H3. The summed E-state index contributed by atoms with van der Waals surface area (Å²) in [5.74, 6) is -0.759. The van der Waals surface area contributed by atoms with Gasteiger partial charge in [0.15, 0.2) is 0 Å². The van der Waals surface area contributed by atoms with Gasteiger partial charge in [0.05, 0.1) is 13.2 Å². The van der Waals surface area contributed by atoms with E-state index in [0.717, 1.165) is 19.3 Å². The lowest BCUT2D eigenvalue weighted by molar-refractivity contribution is -0.154. The fourth-order valence-corrected chi connectivity index (χ4v) is 3.76. The molecule has 0 bridgehead atoms. The van der Waals surface area contributed by atoms with Gasteiger partial charge in [0.25, 0.3) is 0 Å². The number of amides is 2. The van der Waals surface area contributed by atoms with Crippen LogP contribution in [0.3, 0.4) is 0 Å². The predicted octanol–water partition coefficient (Wildman–Crippen LogP) is 6.97. The summed E-state index contributed by atoms with van der Waals surface area (Å²) in [4.78, 5) is 40.1. The van der Waals surface area contributed by atoms with Crippen LogP contribution in [0.5, 0.6) is 0 Å². The number of ether oxygens (including phenoxy) is 2. The molecular weight excluding hydrogens is 456 g/mol. The van der Waals surface area contributed by atoms with Crippen LogP contribution in [0.15, 0.2) is 0 Å². The van der Waals surface area contributed by atoms with Gasteiger partial charge in [0, 0.05) is 14.1 Å². The SMILES string of the molecule is CCCCCCCCCCCCCCCOC(=O)C(C)N(C)C(=O)C(C)N(C)C(=O)OCC(C)(C)C. The molecule has 0 saturated carbocycles. The van der Waals surface area contributed by atoms with Crippen LogP contribution in [-0.4, -0.2) is 67.2 Å². The topological polar surface area (TPSA) is 76.2 Å². The van der Waals surface area contributed by atoms with E-state index in [1.165, 1.54) is 81.1 Å². The average molecular weight is 513 g/mol. The van der Waals surface area contributed by atoms with Gasteiger partial charge in [-0.2, -0.15) is 0 Å². The number of hydrogen-bond donors (Lipinski definition) is 0. The monoisotopic (exact) mass is 512 g/mol. The first-order chi connectivity index (χ1) is 16.9. The summed E-state index contributed by atoms with van der Waals surface area (Å²) in [5.41, 5.74) is -0.161. The quantitative estimate of drug-likeness (QED) is 0.138. The van der Waals surface area contributed by atoms with Crippen LogP contribution in [0.2, 0.25) is 0 Å². The van der Waals surface area contributed by atoms with Gasteiger partial charge in [-0.15, -0.1) is 0 Å². The summed E-state index contributed by atoms with van der Waals surface area (Å²) in [6.07, 6.45) is 15.9. The van der Waals surface area contributed by atoms with Crippen LogP contribution < -0.4 is 0 Å². The second-order valence-corrected chi connectivity index (χ2v) is 11.4. The number of hydrogen-bond acceptors (Lipinski definition) is 5. The largest absolute Gasteiger partial charge is 0.464 e. The lowest BCUT2D eigenvalue weighted by atomic mass is 9.99. The third-order valence-corrected chi connectivity index (χ3v) is 6.62. The Hall–Kier alpha value is -1.79. The van der Waals surface area contributed by atoms with E-state index in [4.69, 9.17) is 9.47 Å². The van der Waals surface area contributed by atoms with Crippen LogP contribution in [-0.2, 0) is 19.1 Å². The predicted molar refractivity (Wildman–Crippen MR) is 147 cm³/mol. The van der Waals surface area contributed by atoms with Crippen molar-refractivity contribution in [3.05, 3.63) is 0 Å². The van der Waals surface area contributed by atoms with E-state index in [1.807, 2.05) is 20.8 Å². The zero-order valence-electron chi connectivity index (χ0n) is 24.7. The smallest absolute Gasteiger partial charge is 0.410 e. The highest BCUT2D eigenvalue weighted by molar-refractivity contribution is 5.89. The molecule has 0 aromatic carbocycles. The molecule has 212 valence electrons. The Bertz CT molecular complexity index is 617. The molecule has 0 saturated heterocycles. The van der Waals surface area contributed by atoms with Crippen molar-refractivity contribution < 1.29 is 23.9 Å². The van der Waals surface area contributed by atoms with E-state index in [0.29, 0.717) is 6.61 Å². The highest BCUT2D eigenvalue weighted by Crippen LogP contribution is 2.15. The first-order valence-electron chi connectivity index (χ1n) is 14.2. The first kappa shape index (κ1) is 34.2. The van der Waals surface area contributed by atoms with Crippen LogP contribution in [0.25, 0.3) is 0 Å². The molecule has 2 unspecified atom stereocenters. The Morgan fingerprint density at radius 1 is 0.667 bits per heavy atom. The van der Waals surface area contributed by atoms with Crippen molar-refractivity contribution in [2.75, 3.05) is 27.3 Å². The molecule has 0 fully saturated rings. The lowest BCUT2D eigenvalue weighted by Crippen LogP contribution is -2.51. The number of rotatable bonds is 19. The molecule has 0 aromatic rings. The number of carbonyl (C=O) groups excluding carboxylic acids is 3. The molecule has 0 aliphatic rings. The summed E-state index contributed by atoms with van der Waals surface area (Å²) in [6, 6.07) is -1.47. The van der Waals surface area contributed by atoms with Crippen LogP contribution in [0.1, 0.15) is 125 Å². The van der Waals surface area contributed by atoms with Gasteiger partial charge in [-0.1, -0.05) is 105 Å². The van der Waals surface area contributed by atoms with Crippen LogP contribution in [0.4, 0.5) is 4.79 Å². The molecule has 2 amide bonds. The zero-order chi connectivity index (χ0) is 27.6. The molecule has 0 radical (unpaired) electrons. The van der Waals surface area contributed by atoms with Gasteiger partial charge in [-0.25, -0.2) is 9.59 Å². The van der Waals surface area contributed by atoms with Crippen molar-refractivity contribution in [3.8, 4) is 0 Å². The molecule has 0 aromatic heterocycles. The molecule has 0 rings (SSSR count). The van der Waals surface area contributed by atoms with Crippen LogP contribution in [0, 0.1) is 5.41 Å². The molecule has 36 heavy (non-hydrogen) atoms. The maximum absolute atomic E-state index is 12.8. The molecular formula is C29H56N2O5. The highest BCUT2D eigenvalue weighted by atomic mass is 16.6. The van der Waals surface area contributed by atoms with Crippen molar-refractivity contribution in [3.63, 3.8) is 0 Å². The number of unbranched alkanes of at least 4 members (excludes halogenated alkanes) is 12. The number of nitrogens with zero attached hydrogens (tertiary/aromatic N) is 2. The molecule has 0 aliphatic heterocycles. The average Bonchev–Trinajstić information content (AvgIpc) is 2.84. The van der Waals surface area contributed by atoms with Gasteiger partial charge in [0.2, 0.25) is 5.91 Å². The Labute approximate surface area is 221 Å². The molecule has 2 atom stereocenters. The third-order valence-electron chi connectivity index (χ3n) is 6.62. The third kappa shape index (κ3) is 16.1. The summed E-state index contributed by atoms with van der Waals surface area (Å²) in [7, 11) is 3.09. The minimum absolute atomic E-state index is 0.161. The Morgan fingerprint density at radius 2 is 1.11 bits per heavy atom. The van der Waals surface area contributed by atoms with Gasteiger partial charge >= 0.3 is 12.1 Å². The van der Waals surface area contributed by atoms with Gasteiger partial charge in [-0.05, 0) is 25.7 Å². The van der Waals surface area contributed by atoms with Crippen molar-refractivity contribution >= 4 is 18.0 Å². The van der Waals surface area contributed by atoms with Gasteiger partial charge < -0.3 is 14.4 Å². The molecule has 0 N–H and O–H groups in total. The second kappa shape index (κ2) is 19.3. The highest BCUT2D eigenvalue weighted by Gasteiger charge is 2.31. The van der Waals surface area contributed by atoms with Crippen molar-refractivity contribution in [1.82, 2.24) is 9.80 Å². The van der Waals surface area contributed by atoms with Crippen molar-refractivity contribution in [2.24, 2.45) is 5.41 Å². The van der Waals surface area contributed by atoms with Gasteiger partial charge in [0.1, 0.15) is 12.1 Å². The van der Waals surface area contributed by atoms with E-state index >= 15 is 0 Å². The van der Waals surface area contributed by atoms with Crippen LogP contribution >= 0.6 is 0 Å².